The second kappa shape index (κ2) is 7.06. The average Bonchev–Trinajstić information content (AvgIpc) is 2.31. The van der Waals surface area contributed by atoms with E-state index in [1.165, 1.54) is 4.90 Å². The van der Waals surface area contributed by atoms with Gasteiger partial charge in [0.2, 0.25) is 0 Å². The van der Waals surface area contributed by atoms with E-state index < -0.39 is 17.7 Å². The number of carboxylic acids is 1. The number of nitrogens with zero attached hydrogens (tertiary/aromatic N) is 2. The van der Waals surface area contributed by atoms with Crippen LogP contribution in [0.25, 0.3) is 0 Å². The molecular weight excluding hydrogens is 272 g/mol. The van der Waals surface area contributed by atoms with Gasteiger partial charge in [-0.3, -0.25) is 9.69 Å². The predicted octanol–water partition coefficient (Wildman–Crippen LogP) is 3.00. The summed E-state index contributed by atoms with van der Waals surface area (Å²) in [5.41, 5.74) is 0.346. The van der Waals surface area contributed by atoms with E-state index in [-0.39, 0.29) is 13.0 Å². The number of anilines is 1. The van der Waals surface area contributed by atoms with Crippen LogP contribution in [-0.2, 0) is 9.53 Å². The van der Waals surface area contributed by atoms with Crippen molar-refractivity contribution in [3.8, 4) is 0 Å². The third-order valence-corrected chi connectivity index (χ3v) is 2.56. The average molecular weight is 294 g/mol. The summed E-state index contributed by atoms with van der Waals surface area (Å²) in [6.45, 7) is 7.49. The van der Waals surface area contributed by atoms with E-state index in [4.69, 9.17) is 9.84 Å². The molecular formula is C15H22N2O4. The molecule has 0 saturated heterocycles. The van der Waals surface area contributed by atoms with Crippen molar-refractivity contribution in [2.45, 2.75) is 46.1 Å². The molecule has 6 heteroatoms. The van der Waals surface area contributed by atoms with Crippen molar-refractivity contribution in [2.75, 3.05) is 11.4 Å². The maximum absolute atomic E-state index is 12.3. The Balaban J connectivity index is 2.88. The van der Waals surface area contributed by atoms with E-state index in [1.807, 2.05) is 13.0 Å². The number of aryl methyl sites for hydroxylation is 1. The van der Waals surface area contributed by atoms with Gasteiger partial charge >= 0.3 is 12.1 Å². The Morgan fingerprint density at radius 2 is 2.05 bits per heavy atom. The van der Waals surface area contributed by atoms with Gasteiger partial charge in [0.25, 0.3) is 0 Å². The van der Waals surface area contributed by atoms with Crippen LogP contribution in [0.4, 0.5) is 10.6 Å². The summed E-state index contributed by atoms with van der Waals surface area (Å²) in [4.78, 5) is 28.4. The SMILES string of the molecule is Cc1ccnc(N(CCCC(=O)O)C(=O)OC(C)(C)C)c1. The van der Waals surface area contributed by atoms with Crippen molar-refractivity contribution in [2.24, 2.45) is 0 Å². The standard InChI is InChI=1S/C15H22N2O4/c1-11-7-8-16-12(10-11)17(9-5-6-13(18)19)14(20)21-15(2,3)4/h7-8,10H,5-6,9H2,1-4H3,(H,18,19). The number of hydrogen-bond donors (Lipinski definition) is 1. The molecule has 0 aliphatic rings. The Kier molecular flexibility index (Phi) is 5.69. The number of aromatic nitrogens is 1. The van der Waals surface area contributed by atoms with E-state index in [2.05, 4.69) is 4.98 Å². The zero-order valence-corrected chi connectivity index (χ0v) is 12.9. The van der Waals surface area contributed by atoms with Crippen molar-refractivity contribution >= 4 is 17.9 Å². The first kappa shape index (κ1) is 16.9. The molecule has 1 amide bonds. The normalized spacial score (nSPS) is 11.0. The molecule has 0 spiro atoms. The topological polar surface area (TPSA) is 79.7 Å². The number of aliphatic carboxylic acids is 1. The summed E-state index contributed by atoms with van der Waals surface area (Å²) in [5, 5.41) is 8.72. The zero-order valence-electron chi connectivity index (χ0n) is 12.9. The van der Waals surface area contributed by atoms with Gasteiger partial charge in [-0.2, -0.15) is 0 Å². The summed E-state index contributed by atoms with van der Waals surface area (Å²) in [7, 11) is 0. The van der Waals surface area contributed by atoms with Crippen LogP contribution < -0.4 is 4.90 Å². The van der Waals surface area contributed by atoms with Crippen LogP contribution in [-0.4, -0.2) is 34.3 Å². The number of hydrogen-bond acceptors (Lipinski definition) is 4. The first-order chi connectivity index (χ1) is 9.69. The number of rotatable bonds is 5. The lowest BCUT2D eigenvalue weighted by atomic mass is 10.2. The lowest BCUT2D eigenvalue weighted by Gasteiger charge is -2.26. The molecule has 0 unspecified atom stereocenters. The Morgan fingerprint density at radius 1 is 1.38 bits per heavy atom. The lowest BCUT2D eigenvalue weighted by molar-refractivity contribution is -0.137. The fourth-order valence-electron chi connectivity index (χ4n) is 1.67. The van der Waals surface area contributed by atoms with Crippen LogP contribution in [0.5, 0.6) is 0 Å². The molecule has 0 fully saturated rings. The number of carbonyl (C=O) groups is 2. The van der Waals surface area contributed by atoms with Gasteiger partial charge in [-0.1, -0.05) is 0 Å². The van der Waals surface area contributed by atoms with Gasteiger partial charge in [0.1, 0.15) is 11.4 Å². The lowest BCUT2D eigenvalue weighted by Crippen LogP contribution is -2.38. The molecule has 6 nitrogen and oxygen atoms in total. The van der Waals surface area contributed by atoms with Crippen molar-refractivity contribution in [3.05, 3.63) is 23.9 Å². The fourth-order valence-corrected chi connectivity index (χ4v) is 1.67. The van der Waals surface area contributed by atoms with Crippen LogP contribution in [0.3, 0.4) is 0 Å². The highest BCUT2D eigenvalue weighted by Crippen LogP contribution is 2.17. The van der Waals surface area contributed by atoms with Crippen molar-refractivity contribution in [1.82, 2.24) is 4.98 Å². The summed E-state index contributed by atoms with van der Waals surface area (Å²) in [6, 6.07) is 3.60. The highest BCUT2D eigenvalue weighted by molar-refractivity contribution is 5.86. The molecule has 1 heterocycles. The monoisotopic (exact) mass is 294 g/mol. The van der Waals surface area contributed by atoms with Gasteiger partial charge in [-0.05, 0) is 51.8 Å². The van der Waals surface area contributed by atoms with Crippen LogP contribution in [0, 0.1) is 6.92 Å². The Labute approximate surface area is 124 Å². The van der Waals surface area contributed by atoms with Crippen molar-refractivity contribution in [3.63, 3.8) is 0 Å². The molecule has 0 bridgehead atoms. The number of pyridine rings is 1. The number of carbonyl (C=O) groups excluding carboxylic acids is 1. The molecule has 1 aromatic heterocycles. The van der Waals surface area contributed by atoms with E-state index in [1.54, 1.807) is 33.0 Å². The molecule has 1 rings (SSSR count). The van der Waals surface area contributed by atoms with Crippen molar-refractivity contribution < 1.29 is 19.4 Å². The van der Waals surface area contributed by atoms with Crippen LogP contribution in [0.15, 0.2) is 18.3 Å². The minimum atomic E-state index is -0.892. The molecule has 1 aromatic rings. The highest BCUT2D eigenvalue weighted by atomic mass is 16.6. The molecule has 21 heavy (non-hydrogen) atoms. The summed E-state index contributed by atoms with van der Waals surface area (Å²) < 4.78 is 5.35. The van der Waals surface area contributed by atoms with Crippen molar-refractivity contribution in [1.29, 1.82) is 0 Å². The Bertz CT molecular complexity index is 509. The Hall–Kier alpha value is -2.11. The van der Waals surface area contributed by atoms with Gasteiger partial charge in [-0.25, -0.2) is 9.78 Å². The molecule has 1 N–H and O–H groups in total. The summed E-state index contributed by atoms with van der Waals surface area (Å²) >= 11 is 0. The molecule has 0 saturated carbocycles. The van der Waals surface area contributed by atoms with E-state index >= 15 is 0 Å². The maximum atomic E-state index is 12.3. The van der Waals surface area contributed by atoms with E-state index in [0.717, 1.165) is 5.56 Å². The van der Waals surface area contributed by atoms with E-state index in [9.17, 15) is 9.59 Å². The summed E-state index contributed by atoms with van der Waals surface area (Å²) in [6.07, 6.45) is 1.42. The van der Waals surface area contributed by atoms with Crippen LogP contribution in [0.1, 0.15) is 39.2 Å². The highest BCUT2D eigenvalue weighted by Gasteiger charge is 2.24. The molecule has 0 aromatic carbocycles. The fraction of sp³-hybridized carbons (Fsp3) is 0.533. The largest absolute Gasteiger partial charge is 0.481 e. The molecule has 0 radical (unpaired) electrons. The molecule has 0 atom stereocenters. The Morgan fingerprint density at radius 3 is 2.57 bits per heavy atom. The zero-order chi connectivity index (χ0) is 16.0. The second-order valence-corrected chi connectivity index (χ2v) is 5.82. The summed E-state index contributed by atoms with van der Waals surface area (Å²) in [5.74, 6) is -0.425. The third kappa shape index (κ3) is 6.25. The molecule has 116 valence electrons. The first-order valence-corrected chi connectivity index (χ1v) is 6.84. The smallest absolute Gasteiger partial charge is 0.416 e. The van der Waals surface area contributed by atoms with Gasteiger partial charge < -0.3 is 9.84 Å². The molecule has 0 aliphatic carbocycles. The number of carboxylic acid groups (broad SMARTS) is 1. The van der Waals surface area contributed by atoms with Crippen LogP contribution >= 0.6 is 0 Å². The minimum absolute atomic E-state index is 0.00882. The molecule has 0 aliphatic heterocycles. The van der Waals surface area contributed by atoms with Gasteiger partial charge in [-0.15, -0.1) is 0 Å². The number of ether oxygens (including phenoxy) is 1. The van der Waals surface area contributed by atoms with Gasteiger partial charge in [0.15, 0.2) is 0 Å². The first-order valence-electron chi connectivity index (χ1n) is 6.84. The van der Waals surface area contributed by atoms with Gasteiger partial charge in [0, 0.05) is 19.2 Å². The quantitative estimate of drug-likeness (QED) is 0.903. The predicted molar refractivity (Wildman–Crippen MR) is 79.4 cm³/mol. The van der Waals surface area contributed by atoms with E-state index in [0.29, 0.717) is 12.2 Å². The minimum Gasteiger partial charge on any atom is -0.481 e. The number of amides is 1. The third-order valence-electron chi connectivity index (χ3n) is 2.56. The van der Waals surface area contributed by atoms with Crippen LogP contribution in [0.2, 0.25) is 0 Å². The maximum Gasteiger partial charge on any atom is 0.416 e. The van der Waals surface area contributed by atoms with Gasteiger partial charge in [0.05, 0.1) is 0 Å². The second-order valence-electron chi connectivity index (χ2n) is 5.82.